The zero-order valence-electron chi connectivity index (χ0n) is 12.0. The van der Waals surface area contributed by atoms with Gasteiger partial charge in [0.15, 0.2) is 0 Å². The number of aliphatic hydroxyl groups excluding tert-OH is 1. The van der Waals surface area contributed by atoms with Crippen LogP contribution in [0.25, 0.3) is 0 Å². The minimum Gasteiger partial charge on any atom is -0.392 e. The van der Waals surface area contributed by atoms with Crippen LogP contribution >= 0.6 is 0 Å². The van der Waals surface area contributed by atoms with Gasteiger partial charge in [-0.05, 0) is 31.0 Å². The number of aryl methyl sites for hydroxylation is 2. The van der Waals surface area contributed by atoms with Gasteiger partial charge in [-0.1, -0.05) is 25.1 Å². The first kappa shape index (κ1) is 14.7. The minimum atomic E-state index is -0.599. The van der Waals surface area contributed by atoms with Crippen molar-refractivity contribution in [3.8, 4) is 0 Å². The summed E-state index contributed by atoms with van der Waals surface area (Å²) in [5, 5.41) is 14.6. The summed E-state index contributed by atoms with van der Waals surface area (Å²) < 4.78 is 15.5. The Morgan fingerprint density at radius 3 is 2.65 bits per heavy atom. The summed E-state index contributed by atoms with van der Waals surface area (Å²) in [5.41, 5.74) is 2.59. The maximum Gasteiger partial charge on any atom is 0.126 e. The number of rotatable bonds is 6. The van der Waals surface area contributed by atoms with Gasteiger partial charge >= 0.3 is 0 Å². The molecule has 0 aliphatic carbocycles. The zero-order chi connectivity index (χ0) is 14.5. The van der Waals surface area contributed by atoms with Crippen LogP contribution in [0.5, 0.6) is 0 Å². The third-order valence-electron chi connectivity index (χ3n) is 3.43. The fraction of sp³-hybridized carbons (Fsp3) is 0.438. The van der Waals surface area contributed by atoms with E-state index in [1.807, 2.05) is 17.7 Å². The highest BCUT2D eigenvalue weighted by molar-refractivity contribution is 5.19. The summed E-state index contributed by atoms with van der Waals surface area (Å²) in [7, 11) is 0. The summed E-state index contributed by atoms with van der Waals surface area (Å²) in [5.74, 6) is -0.259. The molecule has 108 valence electrons. The predicted molar refractivity (Wildman–Crippen MR) is 77.1 cm³/mol. The molecule has 3 nitrogen and oxygen atoms in total. The van der Waals surface area contributed by atoms with Crippen LogP contribution in [0.2, 0.25) is 0 Å². The summed E-state index contributed by atoms with van der Waals surface area (Å²) in [6.45, 7) is 4.86. The Morgan fingerprint density at radius 1 is 1.25 bits per heavy atom. The van der Waals surface area contributed by atoms with E-state index in [9.17, 15) is 9.50 Å². The van der Waals surface area contributed by atoms with Gasteiger partial charge in [-0.15, -0.1) is 0 Å². The van der Waals surface area contributed by atoms with Crippen LogP contribution in [-0.2, 0) is 25.8 Å². The third kappa shape index (κ3) is 3.45. The van der Waals surface area contributed by atoms with Crippen molar-refractivity contribution in [2.24, 2.45) is 0 Å². The highest BCUT2D eigenvalue weighted by atomic mass is 19.1. The highest BCUT2D eigenvalue weighted by Gasteiger charge is 2.13. The van der Waals surface area contributed by atoms with Crippen molar-refractivity contribution in [1.29, 1.82) is 0 Å². The number of halogens is 1. The van der Waals surface area contributed by atoms with Crippen molar-refractivity contribution in [2.45, 2.75) is 45.8 Å². The van der Waals surface area contributed by atoms with E-state index in [4.69, 9.17) is 0 Å². The van der Waals surface area contributed by atoms with Gasteiger partial charge in [0.25, 0.3) is 0 Å². The maximum absolute atomic E-state index is 13.6. The molecule has 1 N–H and O–H groups in total. The van der Waals surface area contributed by atoms with Crippen molar-refractivity contribution < 1.29 is 9.50 Å². The van der Waals surface area contributed by atoms with E-state index in [-0.39, 0.29) is 5.82 Å². The van der Waals surface area contributed by atoms with Gasteiger partial charge in [0, 0.05) is 25.1 Å². The van der Waals surface area contributed by atoms with Crippen LogP contribution in [0.4, 0.5) is 4.39 Å². The third-order valence-corrected chi connectivity index (χ3v) is 3.43. The molecule has 0 aliphatic heterocycles. The predicted octanol–water partition coefficient (Wildman–Crippen LogP) is 2.75. The van der Waals surface area contributed by atoms with Crippen molar-refractivity contribution in [3.05, 3.63) is 53.1 Å². The summed E-state index contributed by atoms with van der Waals surface area (Å²) in [6, 6.07) is 8.61. The molecule has 1 aromatic heterocycles. The number of aliphatic hydroxyl groups is 1. The van der Waals surface area contributed by atoms with Gasteiger partial charge in [0.05, 0.1) is 11.8 Å². The molecule has 2 aromatic rings. The molecule has 1 aromatic carbocycles. The summed E-state index contributed by atoms with van der Waals surface area (Å²) in [4.78, 5) is 0. The van der Waals surface area contributed by atoms with Crippen LogP contribution in [0, 0.1) is 5.82 Å². The molecule has 0 aliphatic rings. The van der Waals surface area contributed by atoms with Gasteiger partial charge in [0.1, 0.15) is 5.82 Å². The van der Waals surface area contributed by atoms with E-state index < -0.39 is 6.10 Å². The molecule has 0 bridgehead atoms. The number of benzene rings is 1. The van der Waals surface area contributed by atoms with E-state index in [0.29, 0.717) is 18.4 Å². The average molecular weight is 276 g/mol. The van der Waals surface area contributed by atoms with Crippen LogP contribution in [-0.4, -0.2) is 21.0 Å². The Balaban J connectivity index is 2.06. The number of nitrogens with zero attached hydrogens (tertiary/aromatic N) is 2. The Hall–Kier alpha value is -1.68. The molecular weight excluding hydrogens is 255 g/mol. The van der Waals surface area contributed by atoms with Gasteiger partial charge in [-0.3, -0.25) is 4.68 Å². The van der Waals surface area contributed by atoms with Crippen molar-refractivity contribution in [3.63, 3.8) is 0 Å². The lowest BCUT2D eigenvalue weighted by Gasteiger charge is -2.12. The minimum absolute atomic E-state index is 0.259. The molecule has 0 radical (unpaired) electrons. The number of hydrogen-bond acceptors (Lipinski definition) is 2. The Labute approximate surface area is 119 Å². The van der Waals surface area contributed by atoms with E-state index in [0.717, 1.165) is 24.4 Å². The molecule has 1 heterocycles. The van der Waals surface area contributed by atoms with Crippen molar-refractivity contribution in [1.82, 2.24) is 9.78 Å². The normalized spacial score (nSPS) is 12.6. The van der Waals surface area contributed by atoms with E-state index in [1.165, 1.54) is 6.07 Å². The fourth-order valence-electron chi connectivity index (χ4n) is 2.36. The lowest BCUT2D eigenvalue weighted by atomic mass is 10.0. The Bertz CT molecular complexity index is 565. The molecule has 2 rings (SSSR count). The second-order valence-electron chi connectivity index (χ2n) is 4.95. The molecule has 1 atom stereocenters. The molecular formula is C16H21FN2O. The number of aromatic nitrogens is 2. The van der Waals surface area contributed by atoms with Gasteiger partial charge in [-0.2, -0.15) is 5.10 Å². The molecule has 0 spiro atoms. The van der Waals surface area contributed by atoms with Crippen molar-refractivity contribution in [2.75, 3.05) is 0 Å². The first-order valence-corrected chi connectivity index (χ1v) is 7.11. The number of hydrogen-bond donors (Lipinski definition) is 1. The zero-order valence-corrected chi connectivity index (χ0v) is 12.0. The van der Waals surface area contributed by atoms with Crippen LogP contribution in [0.15, 0.2) is 30.3 Å². The molecule has 1 unspecified atom stereocenters. The molecule has 20 heavy (non-hydrogen) atoms. The lowest BCUT2D eigenvalue weighted by molar-refractivity contribution is 0.171. The molecule has 0 amide bonds. The van der Waals surface area contributed by atoms with E-state index >= 15 is 0 Å². The lowest BCUT2D eigenvalue weighted by Crippen LogP contribution is -2.17. The highest BCUT2D eigenvalue weighted by Crippen LogP contribution is 2.14. The van der Waals surface area contributed by atoms with Gasteiger partial charge < -0.3 is 5.11 Å². The maximum atomic E-state index is 13.6. The molecule has 0 saturated heterocycles. The molecule has 4 heteroatoms. The van der Waals surface area contributed by atoms with Gasteiger partial charge in [-0.25, -0.2) is 4.39 Å². The summed E-state index contributed by atoms with van der Waals surface area (Å²) in [6.07, 6.45) is 1.10. The quantitative estimate of drug-likeness (QED) is 0.881. The second kappa shape index (κ2) is 6.66. The van der Waals surface area contributed by atoms with E-state index in [1.54, 1.807) is 18.2 Å². The van der Waals surface area contributed by atoms with Gasteiger partial charge in [0.2, 0.25) is 0 Å². The monoisotopic (exact) mass is 276 g/mol. The van der Waals surface area contributed by atoms with E-state index in [2.05, 4.69) is 12.0 Å². The first-order chi connectivity index (χ1) is 9.63. The molecule has 0 fully saturated rings. The second-order valence-corrected chi connectivity index (χ2v) is 4.95. The Morgan fingerprint density at radius 2 is 2.00 bits per heavy atom. The summed E-state index contributed by atoms with van der Waals surface area (Å²) >= 11 is 0. The van der Waals surface area contributed by atoms with Crippen LogP contribution in [0.1, 0.15) is 30.8 Å². The smallest absolute Gasteiger partial charge is 0.126 e. The van der Waals surface area contributed by atoms with Crippen LogP contribution < -0.4 is 0 Å². The van der Waals surface area contributed by atoms with Crippen LogP contribution in [0.3, 0.4) is 0 Å². The standard InChI is InChI=1S/C16H21FN2O/c1-3-13-10-14(19(4-2)18-13)11-15(20)9-12-7-5-6-8-16(12)17/h5-8,10,15,20H,3-4,9,11H2,1-2H3. The first-order valence-electron chi connectivity index (χ1n) is 7.11. The average Bonchev–Trinajstić information content (AvgIpc) is 2.83. The van der Waals surface area contributed by atoms with Crippen molar-refractivity contribution >= 4 is 0 Å². The fourth-order valence-corrected chi connectivity index (χ4v) is 2.36. The Kier molecular flexibility index (Phi) is 4.90. The molecule has 0 saturated carbocycles. The largest absolute Gasteiger partial charge is 0.392 e. The SMILES string of the molecule is CCc1cc(CC(O)Cc2ccccc2F)n(CC)n1. The topological polar surface area (TPSA) is 38.0 Å².